The number of carboxylic acid groups (broad SMARTS) is 1. The number of carboxylic acids is 1. The summed E-state index contributed by atoms with van der Waals surface area (Å²) in [4.78, 5) is 33.2. The standard InChI is InChI=1S/C15H13N3O7S/c19-13(14(20)17-23)16-9-5-7-10(8-6-9)26(24,25)18-12-4-2-1-3-11(12)15(21)22/h1-8,18,23H,(H,16,19)(H,17,20)(H,21,22). The van der Waals surface area contributed by atoms with E-state index in [0.29, 0.717) is 0 Å². The maximum absolute atomic E-state index is 12.4. The number of anilines is 2. The molecule has 26 heavy (non-hydrogen) atoms. The van der Waals surface area contributed by atoms with Crippen molar-refractivity contribution in [2.24, 2.45) is 0 Å². The molecule has 2 amide bonds. The summed E-state index contributed by atoms with van der Waals surface area (Å²) in [7, 11) is -4.08. The number of hydroxylamine groups is 1. The van der Waals surface area contributed by atoms with Gasteiger partial charge in [0.05, 0.1) is 16.1 Å². The first-order valence-electron chi connectivity index (χ1n) is 6.95. The summed E-state index contributed by atoms with van der Waals surface area (Å²) in [5.74, 6) is -3.71. The van der Waals surface area contributed by atoms with Crippen LogP contribution in [0.1, 0.15) is 10.4 Å². The second-order valence-electron chi connectivity index (χ2n) is 4.88. The average molecular weight is 379 g/mol. The molecular formula is C15H13N3O7S. The molecule has 0 fully saturated rings. The molecule has 0 unspecified atom stereocenters. The Hall–Kier alpha value is -3.44. The predicted octanol–water partition coefficient (Wildman–Crippen LogP) is 0.629. The van der Waals surface area contributed by atoms with Crippen LogP contribution in [-0.2, 0) is 19.6 Å². The van der Waals surface area contributed by atoms with Crippen LogP contribution in [0.4, 0.5) is 11.4 Å². The number of amides is 2. The first-order valence-corrected chi connectivity index (χ1v) is 8.43. The number of carbonyl (C=O) groups is 3. The normalized spacial score (nSPS) is 10.7. The van der Waals surface area contributed by atoms with Crippen molar-refractivity contribution in [3.63, 3.8) is 0 Å². The first-order chi connectivity index (χ1) is 12.2. The van der Waals surface area contributed by atoms with Gasteiger partial charge in [-0.1, -0.05) is 12.1 Å². The number of hydrogen-bond acceptors (Lipinski definition) is 6. The minimum atomic E-state index is -4.08. The molecule has 0 aliphatic rings. The van der Waals surface area contributed by atoms with Crippen LogP contribution in [-0.4, -0.2) is 36.5 Å². The Labute approximate surface area is 147 Å². The minimum absolute atomic E-state index is 0.100. The van der Waals surface area contributed by atoms with Crippen molar-refractivity contribution in [1.29, 1.82) is 0 Å². The lowest BCUT2D eigenvalue weighted by molar-refractivity contribution is -0.141. The van der Waals surface area contributed by atoms with Gasteiger partial charge < -0.3 is 10.4 Å². The summed E-state index contributed by atoms with van der Waals surface area (Å²) in [6.07, 6.45) is 0. The van der Waals surface area contributed by atoms with Crippen LogP contribution in [0.3, 0.4) is 0 Å². The van der Waals surface area contributed by atoms with Gasteiger partial charge in [-0.25, -0.2) is 18.7 Å². The molecule has 0 spiro atoms. The van der Waals surface area contributed by atoms with Crippen molar-refractivity contribution in [1.82, 2.24) is 5.48 Å². The molecular weight excluding hydrogens is 366 g/mol. The summed E-state index contributed by atoms with van der Waals surface area (Å²) >= 11 is 0. The fourth-order valence-electron chi connectivity index (χ4n) is 1.92. The van der Waals surface area contributed by atoms with Gasteiger partial charge in [0.1, 0.15) is 0 Å². The molecule has 11 heteroatoms. The SMILES string of the molecule is O=C(NO)C(=O)Nc1ccc(S(=O)(=O)Nc2ccccc2C(=O)O)cc1. The number of nitrogens with one attached hydrogen (secondary N) is 3. The van der Waals surface area contributed by atoms with Gasteiger partial charge in [0.25, 0.3) is 10.0 Å². The Bertz CT molecular complexity index is 955. The molecule has 2 aromatic carbocycles. The van der Waals surface area contributed by atoms with Crippen LogP contribution in [0.15, 0.2) is 53.4 Å². The fourth-order valence-corrected chi connectivity index (χ4v) is 3.00. The number of carbonyl (C=O) groups excluding carboxylic acids is 2. The summed E-state index contributed by atoms with van der Waals surface area (Å²) in [6.45, 7) is 0. The molecule has 10 nitrogen and oxygen atoms in total. The summed E-state index contributed by atoms with van der Waals surface area (Å²) in [5.41, 5.74) is 0.959. The van der Waals surface area contributed by atoms with E-state index >= 15 is 0 Å². The van der Waals surface area contributed by atoms with Crippen molar-refractivity contribution < 1.29 is 33.1 Å². The molecule has 2 rings (SSSR count). The van der Waals surface area contributed by atoms with Crippen LogP contribution < -0.4 is 15.5 Å². The van der Waals surface area contributed by atoms with E-state index in [1.807, 2.05) is 0 Å². The Kier molecular flexibility index (Phi) is 5.54. The van der Waals surface area contributed by atoms with Crippen LogP contribution in [0.25, 0.3) is 0 Å². The molecule has 0 heterocycles. The second kappa shape index (κ2) is 7.63. The molecule has 0 atom stereocenters. The van der Waals surface area contributed by atoms with E-state index in [-0.39, 0.29) is 21.8 Å². The molecule has 136 valence electrons. The third-order valence-corrected chi connectivity index (χ3v) is 4.51. The second-order valence-corrected chi connectivity index (χ2v) is 6.56. The topological polar surface area (TPSA) is 162 Å². The number of hydrogen-bond donors (Lipinski definition) is 5. The van der Waals surface area contributed by atoms with E-state index in [4.69, 9.17) is 10.3 Å². The highest BCUT2D eigenvalue weighted by Crippen LogP contribution is 2.21. The van der Waals surface area contributed by atoms with Gasteiger partial charge in [-0.2, -0.15) is 0 Å². The number of aromatic carboxylic acids is 1. The van der Waals surface area contributed by atoms with Gasteiger partial charge in [0, 0.05) is 5.69 Å². The molecule has 0 radical (unpaired) electrons. The van der Waals surface area contributed by atoms with Crippen molar-refractivity contribution >= 4 is 39.2 Å². The Morgan fingerprint density at radius 2 is 1.50 bits per heavy atom. The highest BCUT2D eigenvalue weighted by Gasteiger charge is 2.19. The Morgan fingerprint density at radius 1 is 0.885 bits per heavy atom. The largest absolute Gasteiger partial charge is 0.478 e. The molecule has 2 aromatic rings. The monoisotopic (exact) mass is 379 g/mol. The maximum Gasteiger partial charge on any atom is 0.337 e. The molecule has 0 aliphatic carbocycles. The van der Waals surface area contributed by atoms with Gasteiger partial charge in [0.2, 0.25) is 0 Å². The zero-order chi connectivity index (χ0) is 19.3. The predicted molar refractivity (Wildman–Crippen MR) is 89.2 cm³/mol. The number of rotatable bonds is 5. The molecule has 5 N–H and O–H groups in total. The van der Waals surface area contributed by atoms with Crippen molar-refractivity contribution in [3.8, 4) is 0 Å². The van der Waals surface area contributed by atoms with Crippen LogP contribution >= 0.6 is 0 Å². The lowest BCUT2D eigenvalue weighted by Crippen LogP contribution is -2.33. The molecule has 0 saturated heterocycles. The quantitative estimate of drug-likeness (QED) is 0.289. The number of para-hydroxylation sites is 1. The lowest BCUT2D eigenvalue weighted by Gasteiger charge is -2.11. The van der Waals surface area contributed by atoms with E-state index in [0.717, 1.165) is 17.6 Å². The molecule has 0 saturated carbocycles. The average Bonchev–Trinajstić information content (AvgIpc) is 2.61. The van der Waals surface area contributed by atoms with Crippen molar-refractivity contribution in [2.75, 3.05) is 10.0 Å². The highest BCUT2D eigenvalue weighted by atomic mass is 32.2. The molecule has 0 aliphatic heterocycles. The van der Waals surface area contributed by atoms with Gasteiger partial charge in [-0.3, -0.25) is 19.5 Å². The van der Waals surface area contributed by atoms with Gasteiger partial charge in [0.15, 0.2) is 0 Å². The molecule has 0 bridgehead atoms. The van der Waals surface area contributed by atoms with E-state index in [2.05, 4.69) is 10.0 Å². The van der Waals surface area contributed by atoms with Gasteiger partial charge >= 0.3 is 17.8 Å². The minimum Gasteiger partial charge on any atom is -0.478 e. The number of sulfonamides is 1. The zero-order valence-electron chi connectivity index (χ0n) is 13.0. The third-order valence-electron chi connectivity index (χ3n) is 3.13. The van der Waals surface area contributed by atoms with Gasteiger partial charge in [-0.15, -0.1) is 0 Å². The highest BCUT2D eigenvalue weighted by molar-refractivity contribution is 7.92. The summed E-state index contributed by atoms with van der Waals surface area (Å²) < 4.78 is 26.9. The zero-order valence-corrected chi connectivity index (χ0v) is 13.8. The smallest absolute Gasteiger partial charge is 0.337 e. The van der Waals surface area contributed by atoms with E-state index in [9.17, 15) is 22.8 Å². The maximum atomic E-state index is 12.4. The van der Waals surface area contributed by atoms with Crippen molar-refractivity contribution in [2.45, 2.75) is 4.90 Å². The summed E-state index contributed by atoms with van der Waals surface area (Å²) in [5, 5.41) is 19.6. The van der Waals surface area contributed by atoms with E-state index in [1.54, 1.807) is 0 Å². The summed E-state index contributed by atoms with van der Waals surface area (Å²) in [6, 6.07) is 10.3. The third kappa shape index (κ3) is 4.34. The van der Waals surface area contributed by atoms with E-state index in [1.165, 1.54) is 36.4 Å². The lowest BCUT2D eigenvalue weighted by atomic mass is 10.2. The van der Waals surface area contributed by atoms with E-state index < -0.39 is 27.8 Å². The Morgan fingerprint density at radius 3 is 2.08 bits per heavy atom. The number of benzene rings is 2. The van der Waals surface area contributed by atoms with Crippen LogP contribution in [0.5, 0.6) is 0 Å². The fraction of sp³-hybridized carbons (Fsp3) is 0. The van der Waals surface area contributed by atoms with Crippen LogP contribution in [0.2, 0.25) is 0 Å². The van der Waals surface area contributed by atoms with Gasteiger partial charge in [-0.05, 0) is 36.4 Å². The molecule has 0 aromatic heterocycles. The Balaban J connectivity index is 2.21. The first kappa shape index (κ1) is 18.9. The van der Waals surface area contributed by atoms with Crippen molar-refractivity contribution in [3.05, 3.63) is 54.1 Å². The van der Waals surface area contributed by atoms with Crippen LogP contribution in [0, 0.1) is 0 Å².